The molecule has 7 heteroatoms. The van der Waals surface area contributed by atoms with Crippen molar-refractivity contribution in [2.24, 2.45) is 0 Å². The highest BCUT2D eigenvalue weighted by molar-refractivity contribution is 7.89. The van der Waals surface area contributed by atoms with Crippen molar-refractivity contribution in [2.45, 2.75) is 43.9 Å². The number of hydrogen-bond acceptors (Lipinski definition) is 3. The maximum absolute atomic E-state index is 12.9. The molecule has 1 aromatic rings. The molecule has 0 atom stereocenters. The minimum absolute atomic E-state index is 0.155. The lowest BCUT2D eigenvalue weighted by atomic mass is 10.2. The van der Waals surface area contributed by atoms with Gasteiger partial charge in [-0.25, -0.2) is 13.2 Å². The lowest BCUT2D eigenvalue weighted by Crippen LogP contribution is -2.36. The molecule has 2 fully saturated rings. The second-order valence-corrected chi connectivity index (χ2v) is 8.48. The summed E-state index contributed by atoms with van der Waals surface area (Å²) in [5.41, 5.74) is 1.24. The zero-order valence-corrected chi connectivity index (χ0v) is 14.9. The molecular weight excluding hydrogens is 326 g/mol. The standard InChI is InChI=1S/C17H25N3O3S/c1-14-7-8-15(18-17(21)19-9-5-6-10-19)13-16(14)24(22,23)20-11-3-2-4-12-20/h7-8,13H,2-6,9-12H2,1H3,(H,18,21). The zero-order valence-electron chi connectivity index (χ0n) is 14.1. The van der Waals surface area contributed by atoms with Gasteiger partial charge in [0, 0.05) is 31.9 Å². The molecule has 0 spiro atoms. The minimum Gasteiger partial charge on any atom is -0.325 e. The van der Waals surface area contributed by atoms with Crippen molar-refractivity contribution in [3.05, 3.63) is 23.8 Å². The summed E-state index contributed by atoms with van der Waals surface area (Å²) >= 11 is 0. The van der Waals surface area contributed by atoms with Gasteiger partial charge in [-0.1, -0.05) is 12.5 Å². The number of benzene rings is 1. The van der Waals surface area contributed by atoms with Gasteiger partial charge in [0.1, 0.15) is 0 Å². The number of aryl methyl sites for hydroxylation is 1. The van der Waals surface area contributed by atoms with Crippen LogP contribution in [0.25, 0.3) is 0 Å². The van der Waals surface area contributed by atoms with Gasteiger partial charge in [0.05, 0.1) is 4.90 Å². The largest absolute Gasteiger partial charge is 0.325 e. The van der Waals surface area contributed by atoms with Crippen LogP contribution in [0.4, 0.5) is 10.5 Å². The fourth-order valence-corrected chi connectivity index (χ4v) is 5.09. The number of rotatable bonds is 3. The van der Waals surface area contributed by atoms with Gasteiger partial charge in [0.2, 0.25) is 10.0 Å². The number of nitrogens with zero attached hydrogens (tertiary/aromatic N) is 2. The Morgan fingerprint density at radius 2 is 1.62 bits per heavy atom. The molecule has 1 N–H and O–H groups in total. The topological polar surface area (TPSA) is 69.7 Å². The summed E-state index contributed by atoms with van der Waals surface area (Å²) in [6.07, 6.45) is 4.94. The minimum atomic E-state index is -3.50. The average molecular weight is 351 g/mol. The zero-order chi connectivity index (χ0) is 17.2. The Bertz CT molecular complexity index is 706. The molecule has 0 aliphatic carbocycles. The summed E-state index contributed by atoms with van der Waals surface area (Å²) in [4.78, 5) is 14.3. The SMILES string of the molecule is Cc1ccc(NC(=O)N2CCCC2)cc1S(=O)(=O)N1CCCCC1. The summed E-state index contributed by atoms with van der Waals surface area (Å²) in [5.74, 6) is 0. The van der Waals surface area contributed by atoms with Crippen LogP contribution in [0.15, 0.2) is 23.1 Å². The molecule has 2 saturated heterocycles. The molecule has 6 nitrogen and oxygen atoms in total. The van der Waals surface area contributed by atoms with E-state index in [1.54, 1.807) is 34.3 Å². The van der Waals surface area contributed by atoms with Crippen LogP contribution in [0.2, 0.25) is 0 Å². The normalized spacial score (nSPS) is 19.5. The molecule has 132 valence electrons. The fourth-order valence-electron chi connectivity index (χ4n) is 3.32. The van der Waals surface area contributed by atoms with E-state index in [2.05, 4.69) is 5.32 Å². The summed E-state index contributed by atoms with van der Waals surface area (Å²) in [6.45, 7) is 4.47. The number of carbonyl (C=O) groups excluding carboxylic acids is 1. The second kappa shape index (κ2) is 7.11. The molecule has 0 radical (unpaired) electrons. The first-order valence-corrected chi connectivity index (χ1v) is 10.1. The van der Waals surface area contributed by atoms with Crippen molar-refractivity contribution in [1.82, 2.24) is 9.21 Å². The van der Waals surface area contributed by atoms with Gasteiger partial charge in [-0.05, 0) is 50.3 Å². The van der Waals surface area contributed by atoms with E-state index in [1.807, 2.05) is 0 Å². The Labute approximate surface area is 143 Å². The van der Waals surface area contributed by atoms with Crippen molar-refractivity contribution in [1.29, 1.82) is 0 Å². The lowest BCUT2D eigenvalue weighted by Gasteiger charge is -2.26. The van der Waals surface area contributed by atoms with E-state index in [0.717, 1.165) is 45.2 Å². The molecule has 1 aromatic carbocycles. The van der Waals surface area contributed by atoms with Gasteiger partial charge in [0.15, 0.2) is 0 Å². The third kappa shape index (κ3) is 3.57. The Morgan fingerprint density at radius 1 is 1.00 bits per heavy atom. The highest BCUT2D eigenvalue weighted by Gasteiger charge is 2.28. The van der Waals surface area contributed by atoms with Crippen molar-refractivity contribution < 1.29 is 13.2 Å². The molecule has 2 aliphatic heterocycles. The molecule has 2 heterocycles. The maximum Gasteiger partial charge on any atom is 0.321 e. The van der Waals surface area contributed by atoms with Gasteiger partial charge in [-0.3, -0.25) is 0 Å². The van der Waals surface area contributed by atoms with E-state index in [9.17, 15) is 13.2 Å². The molecule has 2 amide bonds. The fraction of sp³-hybridized carbons (Fsp3) is 0.588. The molecule has 3 rings (SSSR count). The van der Waals surface area contributed by atoms with Crippen LogP contribution in [0.5, 0.6) is 0 Å². The molecular formula is C17H25N3O3S. The third-order valence-corrected chi connectivity index (χ3v) is 6.81. The predicted octanol–water partition coefficient (Wildman–Crippen LogP) is 2.80. The summed E-state index contributed by atoms with van der Waals surface area (Å²) < 4.78 is 27.4. The number of sulfonamides is 1. The van der Waals surface area contributed by atoms with E-state index < -0.39 is 10.0 Å². The number of hydrogen-bond donors (Lipinski definition) is 1. The van der Waals surface area contributed by atoms with Gasteiger partial charge >= 0.3 is 6.03 Å². The van der Waals surface area contributed by atoms with Crippen LogP contribution in [-0.2, 0) is 10.0 Å². The Kier molecular flexibility index (Phi) is 5.10. The number of anilines is 1. The van der Waals surface area contributed by atoms with Crippen molar-refractivity contribution in [2.75, 3.05) is 31.5 Å². The molecule has 0 aromatic heterocycles. The number of piperidine rings is 1. The van der Waals surface area contributed by atoms with Crippen molar-refractivity contribution in [3.8, 4) is 0 Å². The van der Waals surface area contributed by atoms with E-state index in [-0.39, 0.29) is 6.03 Å². The lowest BCUT2D eigenvalue weighted by molar-refractivity contribution is 0.222. The number of amides is 2. The molecule has 24 heavy (non-hydrogen) atoms. The number of nitrogens with one attached hydrogen (secondary N) is 1. The maximum atomic E-state index is 12.9. The Balaban J connectivity index is 1.81. The highest BCUT2D eigenvalue weighted by atomic mass is 32.2. The molecule has 0 saturated carbocycles. The molecule has 0 bridgehead atoms. The van der Waals surface area contributed by atoms with Gasteiger partial charge in [0.25, 0.3) is 0 Å². The highest BCUT2D eigenvalue weighted by Crippen LogP contribution is 2.26. The van der Waals surface area contributed by atoms with Gasteiger partial charge < -0.3 is 10.2 Å². The van der Waals surface area contributed by atoms with Crippen LogP contribution in [0, 0.1) is 6.92 Å². The first-order chi connectivity index (χ1) is 11.5. The van der Waals surface area contributed by atoms with Crippen LogP contribution < -0.4 is 5.32 Å². The second-order valence-electron chi connectivity index (χ2n) is 6.57. The first-order valence-electron chi connectivity index (χ1n) is 8.65. The average Bonchev–Trinajstić information content (AvgIpc) is 3.12. The summed E-state index contributed by atoms with van der Waals surface area (Å²) in [7, 11) is -3.50. The Hall–Kier alpha value is -1.60. The number of carbonyl (C=O) groups is 1. The van der Waals surface area contributed by atoms with Gasteiger partial charge in [-0.2, -0.15) is 4.31 Å². The third-order valence-electron chi connectivity index (χ3n) is 4.77. The number of urea groups is 1. The van der Waals surface area contributed by atoms with E-state index in [1.165, 1.54) is 0 Å². The van der Waals surface area contributed by atoms with Crippen LogP contribution in [-0.4, -0.2) is 49.8 Å². The van der Waals surface area contributed by atoms with Crippen LogP contribution >= 0.6 is 0 Å². The smallest absolute Gasteiger partial charge is 0.321 e. The molecule has 0 unspecified atom stereocenters. The van der Waals surface area contributed by atoms with E-state index in [0.29, 0.717) is 29.2 Å². The van der Waals surface area contributed by atoms with Crippen molar-refractivity contribution >= 4 is 21.7 Å². The first kappa shape index (κ1) is 17.2. The Morgan fingerprint density at radius 3 is 2.29 bits per heavy atom. The van der Waals surface area contributed by atoms with Crippen LogP contribution in [0.1, 0.15) is 37.7 Å². The quantitative estimate of drug-likeness (QED) is 0.910. The van der Waals surface area contributed by atoms with Crippen LogP contribution in [0.3, 0.4) is 0 Å². The van der Waals surface area contributed by atoms with E-state index >= 15 is 0 Å². The van der Waals surface area contributed by atoms with Crippen molar-refractivity contribution in [3.63, 3.8) is 0 Å². The van der Waals surface area contributed by atoms with E-state index in [4.69, 9.17) is 0 Å². The predicted molar refractivity (Wildman–Crippen MR) is 93.6 cm³/mol. The number of likely N-dealkylation sites (tertiary alicyclic amines) is 1. The summed E-state index contributed by atoms with van der Waals surface area (Å²) in [6, 6.07) is 4.96. The monoisotopic (exact) mass is 351 g/mol. The summed E-state index contributed by atoms with van der Waals surface area (Å²) in [5, 5.41) is 2.83. The molecule has 2 aliphatic rings. The van der Waals surface area contributed by atoms with Gasteiger partial charge in [-0.15, -0.1) is 0 Å².